The highest BCUT2D eigenvalue weighted by atomic mass is 16.5. The fraction of sp³-hybridized carbons (Fsp3) is 0.556. The average molecular weight is 345 g/mol. The maximum absolute atomic E-state index is 12.2. The summed E-state index contributed by atoms with van der Waals surface area (Å²) in [5, 5.41) is 2.91. The molecule has 2 aromatic rings. The highest BCUT2D eigenvalue weighted by Gasteiger charge is 2.29. The third-order valence-electron chi connectivity index (χ3n) is 4.40. The molecule has 3 rings (SSSR count). The van der Waals surface area contributed by atoms with Crippen LogP contribution in [0.15, 0.2) is 24.3 Å². The van der Waals surface area contributed by atoms with Crippen LogP contribution in [0.5, 0.6) is 0 Å². The largest absolute Gasteiger partial charge is 0.377 e. The molecule has 1 aliphatic rings. The number of fused-ring (bicyclic) bond motifs is 1. The van der Waals surface area contributed by atoms with Gasteiger partial charge in [-0.3, -0.25) is 10.2 Å². The van der Waals surface area contributed by atoms with E-state index in [2.05, 4.69) is 31.8 Å². The van der Waals surface area contributed by atoms with Crippen LogP contribution < -0.4 is 16.2 Å². The standard InChI is InChI=1S/C18H27N5O2/c1-12(2)25-9-8-19-18(24)16-10-14(21-22-16)11-23-13(3)20-15-6-4-5-7-17(15)23/h4-7,12,14,16,21-22H,8-11H2,1-3H3,(H,19,24). The number of hydrazine groups is 1. The van der Waals surface area contributed by atoms with E-state index in [0.717, 1.165) is 29.8 Å². The molecule has 1 amide bonds. The molecule has 1 aliphatic heterocycles. The van der Waals surface area contributed by atoms with E-state index in [1.54, 1.807) is 0 Å². The average Bonchev–Trinajstić information content (AvgIpc) is 3.17. The van der Waals surface area contributed by atoms with Gasteiger partial charge < -0.3 is 14.6 Å². The minimum atomic E-state index is -0.223. The molecule has 0 radical (unpaired) electrons. The van der Waals surface area contributed by atoms with Gasteiger partial charge in [0, 0.05) is 19.1 Å². The maximum atomic E-state index is 12.2. The summed E-state index contributed by atoms with van der Waals surface area (Å²) < 4.78 is 7.64. The van der Waals surface area contributed by atoms with Crippen molar-refractivity contribution in [3.05, 3.63) is 30.1 Å². The Kier molecular flexibility index (Phi) is 5.67. The number of benzene rings is 1. The molecule has 25 heavy (non-hydrogen) atoms. The fourth-order valence-corrected chi connectivity index (χ4v) is 3.15. The van der Waals surface area contributed by atoms with Gasteiger partial charge in [0.1, 0.15) is 11.9 Å². The van der Waals surface area contributed by atoms with Gasteiger partial charge in [0.2, 0.25) is 5.91 Å². The predicted molar refractivity (Wildman–Crippen MR) is 97.0 cm³/mol. The molecular formula is C18H27N5O2. The number of aryl methyl sites for hydroxylation is 1. The molecule has 1 saturated heterocycles. The lowest BCUT2D eigenvalue weighted by Crippen LogP contribution is -2.44. The molecular weight excluding hydrogens is 318 g/mol. The van der Waals surface area contributed by atoms with Crippen LogP contribution in [-0.4, -0.2) is 46.8 Å². The number of ether oxygens (including phenoxy) is 1. The van der Waals surface area contributed by atoms with Gasteiger partial charge in [-0.2, -0.15) is 0 Å². The van der Waals surface area contributed by atoms with Crippen molar-refractivity contribution in [2.45, 2.75) is 51.9 Å². The topological polar surface area (TPSA) is 80.2 Å². The van der Waals surface area contributed by atoms with Crippen LogP contribution in [0, 0.1) is 6.92 Å². The van der Waals surface area contributed by atoms with Gasteiger partial charge in [-0.05, 0) is 39.3 Å². The van der Waals surface area contributed by atoms with Crippen molar-refractivity contribution in [2.24, 2.45) is 0 Å². The number of hydrogen-bond acceptors (Lipinski definition) is 5. The first-order chi connectivity index (χ1) is 12.0. The first-order valence-electron chi connectivity index (χ1n) is 8.87. The molecule has 1 fully saturated rings. The molecule has 7 heteroatoms. The van der Waals surface area contributed by atoms with Crippen molar-refractivity contribution >= 4 is 16.9 Å². The Morgan fingerprint density at radius 3 is 3.00 bits per heavy atom. The Hall–Kier alpha value is -1.96. The number of amides is 1. The van der Waals surface area contributed by atoms with E-state index in [1.165, 1.54) is 0 Å². The third kappa shape index (κ3) is 4.36. The lowest BCUT2D eigenvalue weighted by atomic mass is 10.1. The van der Waals surface area contributed by atoms with Gasteiger partial charge in [0.15, 0.2) is 0 Å². The Bertz CT molecular complexity index is 727. The van der Waals surface area contributed by atoms with E-state index in [-0.39, 0.29) is 24.1 Å². The van der Waals surface area contributed by atoms with Crippen LogP contribution in [0.2, 0.25) is 0 Å². The molecule has 7 nitrogen and oxygen atoms in total. The molecule has 2 atom stereocenters. The number of para-hydroxylation sites is 2. The number of carbonyl (C=O) groups is 1. The van der Waals surface area contributed by atoms with Crippen LogP contribution in [0.4, 0.5) is 0 Å². The summed E-state index contributed by atoms with van der Waals surface area (Å²) in [7, 11) is 0. The third-order valence-corrected chi connectivity index (χ3v) is 4.40. The van der Waals surface area contributed by atoms with E-state index in [0.29, 0.717) is 13.2 Å². The van der Waals surface area contributed by atoms with E-state index in [9.17, 15) is 4.79 Å². The molecule has 3 N–H and O–H groups in total. The molecule has 0 spiro atoms. The van der Waals surface area contributed by atoms with Gasteiger partial charge in [-0.25, -0.2) is 10.4 Å². The first kappa shape index (κ1) is 17.8. The predicted octanol–water partition coefficient (Wildman–Crippen LogP) is 1.12. The Balaban J connectivity index is 1.52. The highest BCUT2D eigenvalue weighted by molar-refractivity contribution is 5.82. The zero-order valence-electron chi connectivity index (χ0n) is 15.1. The molecule has 2 unspecified atom stereocenters. The quantitative estimate of drug-likeness (QED) is 0.656. The van der Waals surface area contributed by atoms with Crippen LogP contribution in [0.1, 0.15) is 26.1 Å². The van der Waals surface area contributed by atoms with E-state index < -0.39 is 0 Å². The maximum Gasteiger partial charge on any atom is 0.238 e. The molecule has 1 aromatic heterocycles. The van der Waals surface area contributed by atoms with Crippen molar-refractivity contribution < 1.29 is 9.53 Å². The summed E-state index contributed by atoms with van der Waals surface area (Å²) in [6.07, 6.45) is 0.920. The molecule has 0 bridgehead atoms. The number of nitrogens with zero attached hydrogens (tertiary/aromatic N) is 2. The summed E-state index contributed by atoms with van der Waals surface area (Å²) >= 11 is 0. The molecule has 136 valence electrons. The van der Waals surface area contributed by atoms with Gasteiger partial charge in [-0.1, -0.05) is 12.1 Å². The smallest absolute Gasteiger partial charge is 0.238 e. The Morgan fingerprint density at radius 1 is 1.40 bits per heavy atom. The molecule has 1 aromatic carbocycles. The number of carbonyl (C=O) groups excluding carboxylic acids is 1. The van der Waals surface area contributed by atoms with Crippen LogP contribution in [-0.2, 0) is 16.1 Å². The van der Waals surface area contributed by atoms with Crippen molar-refractivity contribution in [3.8, 4) is 0 Å². The number of imidazole rings is 1. The minimum Gasteiger partial charge on any atom is -0.377 e. The lowest BCUT2D eigenvalue weighted by molar-refractivity contribution is -0.123. The minimum absolute atomic E-state index is 0.00886. The second-order valence-electron chi connectivity index (χ2n) is 6.74. The zero-order chi connectivity index (χ0) is 17.8. The zero-order valence-corrected chi connectivity index (χ0v) is 15.1. The highest BCUT2D eigenvalue weighted by Crippen LogP contribution is 2.17. The van der Waals surface area contributed by atoms with Crippen molar-refractivity contribution in [2.75, 3.05) is 13.2 Å². The lowest BCUT2D eigenvalue weighted by Gasteiger charge is -2.13. The summed E-state index contributed by atoms with van der Waals surface area (Å²) in [5.74, 6) is 0.997. The number of rotatable bonds is 7. The van der Waals surface area contributed by atoms with E-state index >= 15 is 0 Å². The number of hydrogen-bond donors (Lipinski definition) is 3. The summed E-state index contributed by atoms with van der Waals surface area (Å²) in [6, 6.07) is 8.08. The van der Waals surface area contributed by atoms with E-state index in [4.69, 9.17) is 4.74 Å². The van der Waals surface area contributed by atoms with Gasteiger partial charge >= 0.3 is 0 Å². The summed E-state index contributed by atoms with van der Waals surface area (Å²) in [6.45, 7) is 7.83. The Labute approximate surface area is 148 Å². The molecule has 0 aliphatic carbocycles. The second-order valence-corrected chi connectivity index (χ2v) is 6.74. The monoisotopic (exact) mass is 345 g/mol. The second kappa shape index (κ2) is 7.95. The summed E-state index contributed by atoms with van der Waals surface area (Å²) in [5.41, 5.74) is 8.47. The fourth-order valence-electron chi connectivity index (χ4n) is 3.15. The van der Waals surface area contributed by atoms with E-state index in [1.807, 2.05) is 39.0 Å². The van der Waals surface area contributed by atoms with Crippen LogP contribution >= 0.6 is 0 Å². The van der Waals surface area contributed by atoms with Gasteiger partial charge in [0.05, 0.1) is 23.7 Å². The number of nitrogens with one attached hydrogen (secondary N) is 3. The molecule has 0 saturated carbocycles. The normalized spacial score (nSPS) is 20.5. The number of aromatic nitrogens is 2. The Morgan fingerprint density at radius 2 is 2.20 bits per heavy atom. The summed E-state index contributed by atoms with van der Waals surface area (Å²) in [4.78, 5) is 16.8. The first-order valence-corrected chi connectivity index (χ1v) is 8.87. The van der Waals surface area contributed by atoms with Crippen molar-refractivity contribution in [3.63, 3.8) is 0 Å². The van der Waals surface area contributed by atoms with Gasteiger partial charge in [-0.15, -0.1) is 0 Å². The van der Waals surface area contributed by atoms with Gasteiger partial charge in [0.25, 0.3) is 0 Å². The van der Waals surface area contributed by atoms with Crippen molar-refractivity contribution in [1.29, 1.82) is 0 Å². The van der Waals surface area contributed by atoms with Crippen LogP contribution in [0.25, 0.3) is 11.0 Å². The van der Waals surface area contributed by atoms with Crippen molar-refractivity contribution in [1.82, 2.24) is 25.7 Å². The van der Waals surface area contributed by atoms with Crippen LogP contribution in [0.3, 0.4) is 0 Å². The molecule has 2 heterocycles. The SMILES string of the molecule is Cc1nc2ccccc2n1CC1CC(C(=O)NCCOC(C)C)NN1.